The molecule has 0 saturated carbocycles. The molecule has 26 heavy (non-hydrogen) atoms. The quantitative estimate of drug-likeness (QED) is 0.743. The molecule has 0 aromatic heterocycles. The molecule has 0 unspecified atom stereocenters. The monoisotopic (exact) mass is 391 g/mol. The Hall–Kier alpha value is -2.13. The molecule has 0 N–H and O–H groups in total. The molecule has 4 nitrogen and oxygen atoms in total. The van der Waals surface area contributed by atoms with Crippen molar-refractivity contribution in [3.05, 3.63) is 69.0 Å². The van der Waals surface area contributed by atoms with Crippen LogP contribution < -0.4 is 0 Å². The summed E-state index contributed by atoms with van der Waals surface area (Å²) < 4.78 is 13.7. The number of benzene rings is 2. The average Bonchev–Trinajstić information content (AvgIpc) is 2.65. The lowest BCUT2D eigenvalue weighted by Crippen LogP contribution is -2.48. The van der Waals surface area contributed by atoms with Crippen LogP contribution in [0.3, 0.4) is 0 Å². The second-order valence-electron chi connectivity index (χ2n) is 6.12. The van der Waals surface area contributed by atoms with Crippen molar-refractivity contribution in [2.45, 2.75) is 6.54 Å². The van der Waals surface area contributed by atoms with Crippen molar-refractivity contribution < 1.29 is 9.18 Å². The summed E-state index contributed by atoms with van der Waals surface area (Å²) in [6, 6.07) is 11.9. The number of halogens is 3. The van der Waals surface area contributed by atoms with E-state index in [1.807, 2.05) is 12.1 Å². The highest BCUT2D eigenvalue weighted by Crippen LogP contribution is 2.26. The number of nitrogens with zero attached hydrogens (tertiary/aromatic N) is 3. The van der Waals surface area contributed by atoms with E-state index in [0.29, 0.717) is 31.7 Å². The lowest BCUT2D eigenvalue weighted by Gasteiger charge is -2.35. The Morgan fingerprint density at radius 1 is 1.08 bits per heavy atom. The van der Waals surface area contributed by atoms with E-state index in [1.165, 1.54) is 6.07 Å². The molecule has 134 valence electrons. The molecule has 1 amide bonds. The van der Waals surface area contributed by atoms with Gasteiger partial charge >= 0.3 is 0 Å². The summed E-state index contributed by atoms with van der Waals surface area (Å²) in [5, 5.41) is 8.89. The largest absolute Gasteiger partial charge is 0.336 e. The summed E-state index contributed by atoms with van der Waals surface area (Å²) in [7, 11) is 0. The van der Waals surface area contributed by atoms with Crippen LogP contribution in [0.1, 0.15) is 21.5 Å². The average molecular weight is 392 g/mol. The van der Waals surface area contributed by atoms with Crippen LogP contribution in [0.4, 0.5) is 4.39 Å². The molecular formula is C19H16Cl2FN3O. The van der Waals surface area contributed by atoms with Crippen molar-refractivity contribution in [3.63, 3.8) is 0 Å². The van der Waals surface area contributed by atoms with Gasteiger partial charge in [0.15, 0.2) is 0 Å². The molecule has 1 aliphatic heterocycles. The highest BCUT2D eigenvalue weighted by Gasteiger charge is 2.24. The zero-order chi connectivity index (χ0) is 18.7. The first-order valence-electron chi connectivity index (χ1n) is 8.13. The van der Waals surface area contributed by atoms with Gasteiger partial charge < -0.3 is 4.90 Å². The number of nitriles is 1. The maximum absolute atomic E-state index is 13.7. The number of hydrogen-bond donors (Lipinski definition) is 0. The normalized spacial score (nSPS) is 14.9. The lowest BCUT2D eigenvalue weighted by molar-refractivity contribution is 0.0628. The number of piperazine rings is 1. The van der Waals surface area contributed by atoms with Gasteiger partial charge in [0.25, 0.3) is 5.91 Å². The second kappa shape index (κ2) is 8.05. The molecule has 3 rings (SSSR count). The van der Waals surface area contributed by atoms with E-state index in [0.717, 1.165) is 18.2 Å². The van der Waals surface area contributed by atoms with E-state index in [1.54, 1.807) is 17.0 Å². The fraction of sp³-hybridized carbons (Fsp3) is 0.263. The third-order valence-corrected chi connectivity index (χ3v) is 4.99. The molecule has 2 aromatic carbocycles. The van der Waals surface area contributed by atoms with Crippen molar-refractivity contribution in [2.24, 2.45) is 0 Å². The predicted octanol–water partition coefficient (Wildman–Crippen LogP) is 3.96. The van der Waals surface area contributed by atoms with Gasteiger partial charge in [-0.3, -0.25) is 9.69 Å². The molecule has 1 heterocycles. The van der Waals surface area contributed by atoms with Crippen molar-refractivity contribution in [2.75, 3.05) is 26.2 Å². The summed E-state index contributed by atoms with van der Waals surface area (Å²) in [4.78, 5) is 16.5. The molecule has 1 saturated heterocycles. The number of rotatable bonds is 3. The zero-order valence-electron chi connectivity index (χ0n) is 13.9. The Morgan fingerprint density at radius 3 is 2.35 bits per heavy atom. The topological polar surface area (TPSA) is 47.3 Å². The highest BCUT2D eigenvalue weighted by molar-refractivity contribution is 6.36. The van der Waals surface area contributed by atoms with Crippen LogP contribution >= 0.6 is 23.2 Å². The first-order valence-corrected chi connectivity index (χ1v) is 8.88. The van der Waals surface area contributed by atoms with Crippen LogP contribution in [0.2, 0.25) is 10.0 Å². The van der Waals surface area contributed by atoms with Crippen LogP contribution in [-0.2, 0) is 6.54 Å². The Bertz CT molecular complexity index is 856. The summed E-state index contributed by atoms with van der Waals surface area (Å²) in [6.07, 6.45) is 0. The maximum atomic E-state index is 13.7. The van der Waals surface area contributed by atoms with Gasteiger partial charge in [-0.05, 0) is 29.8 Å². The van der Waals surface area contributed by atoms with Gasteiger partial charge in [0.05, 0.1) is 27.2 Å². The molecule has 0 radical (unpaired) electrons. The molecule has 0 aliphatic carbocycles. The molecule has 0 atom stereocenters. The van der Waals surface area contributed by atoms with Gasteiger partial charge in [-0.1, -0.05) is 35.3 Å². The summed E-state index contributed by atoms with van der Waals surface area (Å²) in [6.45, 7) is 3.24. The summed E-state index contributed by atoms with van der Waals surface area (Å²) in [5.74, 6) is -0.942. The van der Waals surface area contributed by atoms with E-state index in [2.05, 4.69) is 11.0 Å². The van der Waals surface area contributed by atoms with Crippen molar-refractivity contribution in [1.82, 2.24) is 9.80 Å². The van der Waals surface area contributed by atoms with E-state index < -0.39 is 5.82 Å². The van der Waals surface area contributed by atoms with Gasteiger partial charge in [-0.25, -0.2) is 4.39 Å². The van der Waals surface area contributed by atoms with E-state index in [-0.39, 0.29) is 21.5 Å². The Kier molecular flexibility index (Phi) is 5.77. The smallest absolute Gasteiger partial charge is 0.255 e. The lowest BCUT2D eigenvalue weighted by atomic mass is 10.1. The fourth-order valence-corrected chi connectivity index (χ4v) is 3.37. The van der Waals surface area contributed by atoms with E-state index in [9.17, 15) is 9.18 Å². The summed E-state index contributed by atoms with van der Waals surface area (Å²) >= 11 is 11.7. The first-order chi connectivity index (χ1) is 12.5. The van der Waals surface area contributed by atoms with Crippen LogP contribution in [-0.4, -0.2) is 41.9 Å². The van der Waals surface area contributed by atoms with Crippen LogP contribution in [0.15, 0.2) is 36.4 Å². The van der Waals surface area contributed by atoms with E-state index in [4.69, 9.17) is 28.5 Å². The fourth-order valence-electron chi connectivity index (χ4n) is 2.91. The maximum Gasteiger partial charge on any atom is 0.255 e. The molecule has 0 spiro atoms. The molecule has 1 aliphatic rings. The minimum absolute atomic E-state index is 0.0983. The van der Waals surface area contributed by atoms with Gasteiger partial charge in [-0.15, -0.1) is 0 Å². The Balaban J connectivity index is 1.60. The minimum atomic E-state index is -0.654. The molecule has 2 aromatic rings. The number of hydrogen-bond acceptors (Lipinski definition) is 3. The summed E-state index contributed by atoms with van der Waals surface area (Å²) in [5.41, 5.74) is 1.89. The molecule has 1 fully saturated rings. The highest BCUT2D eigenvalue weighted by atomic mass is 35.5. The third-order valence-electron chi connectivity index (χ3n) is 4.39. The van der Waals surface area contributed by atoms with Gasteiger partial charge in [0, 0.05) is 32.7 Å². The first kappa shape index (κ1) is 18.7. The van der Waals surface area contributed by atoms with Crippen molar-refractivity contribution in [3.8, 4) is 6.07 Å². The molecular weight excluding hydrogens is 376 g/mol. The second-order valence-corrected chi connectivity index (χ2v) is 6.94. The molecule has 7 heteroatoms. The number of amides is 1. The van der Waals surface area contributed by atoms with Gasteiger partial charge in [0.2, 0.25) is 0 Å². The Labute approximate surface area is 161 Å². The zero-order valence-corrected chi connectivity index (χ0v) is 15.4. The van der Waals surface area contributed by atoms with Crippen LogP contribution in [0.5, 0.6) is 0 Å². The predicted molar refractivity (Wildman–Crippen MR) is 98.8 cm³/mol. The third kappa shape index (κ3) is 4.16. The van der Waals surface area contributed by atoms with Crippen LogP contribution in [0.25, 0.3) is 0 Å². The standard InChI is InChI=1S/C19H16Cl2FN3O/c20-16-10-17(21)18(22)9-15(16)19(26)25-7-5-24(6-8-25)12-14-3-1-13(11-23)2-4-14/h1-4,9-10H,5-8,12H2. The molecule has 0 bridgehead atoms. The van der Waals surface area contributed by atoms with Crippen molar-refractivity contribution in [1.29, 1.82) is 5.26 Å². The Morgan fingerprint density at radius 2 is 1.73 bits per heavy atom. The minimum Gasteiger partial charge on any atom is -0.336 e. The SMILES string of the molecule is N#Cc1ccc(CN2CCN(C(=O)c3cc(F)c(Cl)cc3Cl)CC2)cc1. The van der Waals surface area contributed by atoms with E-state index >= 15 is 0 Å². The number of carbonyl (C=O) groups is 1. The van der Waals surface area contributed by atoms with Gasteiger partial charge in [-0.2, -0.15) is 5.26 Å². The van der Waals surface area contributed by atoms with Crippen molar-refractivity contribution >= 4 is 29.1 Å². The van der Waals surface area contributed by atoms with Crippen LogP contribution in [0, 0.1) is 17.1 Å². The van der Waals surface area contributed by atoms with Gasteiger partial charge in [0.1, 0.15) is 5.82 Å². The number of carbonyl (C=O) groups excluding carboxylic acids is 1.